The van der Waals surface area contributed by atoms with Crippen molar-refractivity contribution in [3.8, 4) is 0 Å². The van der Waals surface area contributed by atoms with Gasteiger partial charge in [-0.05, 0) is 19.8 Å². The van der Waals surface area contributed by atoms with Crippen LogP contribution in [0.5, 0.6) is 0 Å². The number of carbonyl (C=O) groups excluding carboxylic acids is 2. The molecule has 1 saturated heterocycles. The number of ether oxygens (including phenoxy) is 2. The smallest absolute Gasteiger partial charge is 0.413 e. The van der Waals surface area contributed by atoms with Crippen molar-refractivity contribution in [3.63, 3.8) is 0 Å². The minimum absolute atomic E-state index is 0.103. The summed E-state index contributed by atoms with van der Waals surface area (Å²) in [5.74, 6) is -0.368. The van der Waals surface area contributed by atoms with E-state index in [4.69, 9.17) is 10.5 Å². The molecule has 110 valence electrons. The zero-order chi connectivity index (χ0) is 14.3. The summed E-state index contributed by atoms with van der Waals surface area (Å²) in [4.78, 5) is 24.8. The summed E-state index contributed by atoms with van der Waals surface area (Å²) in [6, 6.07) is 0.103. The first-order chi connectivity index (χ1) is 9.10. The number of nitrogens with one attached hydrogen (secondary N) is 1. The first kappa shape index (κ1) is 15.9. The lowest BCUT2D eigenvalue weighted by Crippen LogP contribution is -2.52. The van der Waals surface area contributed by atoms with Gasteiger partial charge in [0.25, 0.3) is 0 Å². The molecule has 1 aliphatic heterocycles. The Morgan fingerprint density at radius 3 is 2.79 bits per heavy atom. The van der Waals surface area contributed by atoms with Crippen LogP contribution in [0.2, 0.25) is 0 Å². The summed E-state index contributed by atoms with van der Waals surface area (Å²) in [5.41, 5.74) is 5.71. The van der Waals surface area contributed by atoms with Crippen LogP contribution >= 0.6 is 0 Å². The molecule has 1 fully saturated rings. The Kier molecular flexibility index (Phi) is 6.75. The van der Waals surface area contributed by atoms with Gasteiger partial charge in [0.1, 0.15) is 0 Å². The quantitative estimate of drug-likeness (QED) is 0.714. The lowest BCUT2D eigenvalue weighted by atomic mass is 9.99. The van der Waals surface area contributed by atoms with Crippen molar-refractivity contribution in [2.45, 2.75) is 31.9 Å². The largest absolute Gasteiger partial charge is 0.450 e. The van der Waals surface area contributed by atoms with Crippen molar-refractivity contribution in [3.05, 3.63) is 0 Å². The van der Waals surface area contributed by atoms with E-state index in [0.717, 1.165) is 19.4 Å². The first-order valence-electron chi connectivity index (χ1n) is 6.54. The highest BCUT2D eigenvalue weighted by molar-refractivity contribution is 5.92. The van der Waals surface area contributed by atoms with Crippen LogP contribution in [0.25, 0.3) is 0 Å². The van der Waals surface area contributed by atoms with E-state index in [2.05, 4.69) is 10.1 Å². The normalized spacial score (nSPS) is 23.9. The highest BCUT2D eigenvalue weighted by atomic mass is 16.5. The fourth-order valence-electron chi connectivity index (χ4n) is 2.24. The summed E-state index contributed by atoms with van der Waals surface area (Å²) >= 11 is 0. The van der Waals surface area contributed by atoms with E-state index in [1.54, 1.807) is 14.0 Å². The van der Waals surface area contributed by atoms with Gasteiger partial charge in [-0.3, -0.25) is 15.0 Å². The molecule has 0 bridgehead atoms. The minimum atomic E-state index is -0.705. The highest BCUT2D eigenvalue weighted by Crippen LogP contribution is 2.18. The Bertz CT molecular complexity index is 311. The second-order valence-corrected chi connectivity index (χ2v) is 4.51. The highest BCUT2D eigenvalue weighted by Gasteiger charge is 2.29. The Hall–Kier alpha value is -1.18. The van der Waals surface area contributed by atoms with Gasteiger partial charge in [0.05, 0.1) is 19.3 Å². The summed E-state index contributed by atoms with van der Waals surface area (Å²) < 4.78 is 9.97. The third kappa shape index (κ3) is 5.14. The predicted molar refractivity (Wildman–Crippen MR) is 69.6 cm³/mol. The SMILES string of the molecule is CCOC(=O)NC(=O)CN1CCC(OC)CC1CN. The maximum absolute atomic E-state index is 11.7. The van der Waals surface area contributed by atoms with Crippen LogP contribution in [0.3, 0.4) is 0 Å². The van der Waals surface area contributed by atoms with Gasteiger partial charge in [-0.25, -0.2) is 4.79 Å². The molecule has 0 aromatic rings. The molecule has 1 heterocycles. The molecule has 0 spiro atoms. The van der Waals surface area contributed by atoms with Gasteiger partial charge in [-0.15, -0.1) is 0 Å². The summed E-state index contributed by atoms with van der Waals surface area (Å²) in [6.45, 7) is 3.27. The number of piperidine rings is 1. The molecule has 7 nitrogen and oxygen atoms in total. The van der Waals surface area contributed by atoms with Gasteiger partial charge in [0.15, 0.2) is 0 Å². The summed E-state index contributed by atoms with van der Waals surface area (Å²) in [6.07, 6.45) is 1.15. The molecule has 2 atom stereocenters. The minimum Gasteiger partial charge on any atom is -0.450 e. The third-order valence-electron chi connectivity index (χ3n) is 3.26. The van der Waals surface area contributed by atoms with E-state index in [1.165, 1.54) is 0 Å². The van der Waals surface area contributed by atoms with Crippen molar-refractivity contribution in [2.24, 2.45) is 5.73 Å². The molecule has 2 amide bonds. The summed E-state index contributed by atoms with van der Waals surface area (Å²) in [7, 11) is 1.68. The zero-order valence-electron chi connectivity index (χ0n) is 11.6. The molecule has 0 aromatic heterocycles. The number of imide groups is 1. The van der Waals surface area contributed by atoms with Crippen LogP contribution in [-0.4, -0.2) is 62.4 Å². The van der Waals surface area contributed by atoms with Crippen LogP contribution in [0.15, 0.2) is 0 Å². The summed E-state index contributed by atoms with van der Waals surface area (Å²) in [5, 5.41) is 2.18. The molecule has 3 N–H and O–H groups in total. The number of alkyl carbamates (subject to hydrolysis) is 1. The number of nitrogens with zero attached hydrogens (tertiary/aromatic N) is 1. The Morgan fingerprint density at radius 2 is 2.21 bits per heavy atom. The van der Waals surface area contributed by atoms with Gasteiger partial charge in [0, 0.05) is 26.2 Å². The molecule has 19 heavy (non-hydrogen) atoms. The third-order valence-corrected chi connectivity index (χ3v) is 3.26. The number of rotatable bonds is 5. The predicted octanol–water partition coefficient (Wildman–Crippen LogP) is -0.303. The average Bonchev–Trinajstić information content (AvgIpc) is 2.39. The van der Waals surface area contributed by atoms with Crippen LogP contribution < -0.4 is 11.1 Å². The van der Waals surface area contributed by atoms with Crippen molar-refractivity contribution < 1.29 is 19.1 Å². The molecule has 0 aromatic carbocycles. The Labute approximate surface area is 113 Å². The Balaban J connectivity index is 2.42. The molecule has 7 heteroatoms. The van der Waals surface area contributed by atoms with Gasteiger partial charge in [0.2, 0.25) is 5.91 Å². The number of amides is 2. The molecule has 1 rings (SSSR count). The van der Waals surface area contributed by atoms with Crippen LogP contribution in [-0.2, 0) is 14.3 Å². The second-order valence-electron chi connectivity index (χ2n) is 4.51. The molecular formula is C12H23N3O4. The van der Waals surface area contributed by atoms with E-state index in [1.807, 2.05) is 4.90 Å². The van der Waals surface area contributed by atoms with E-state index >= 15 is 0 Å². The van der Waals surface area contributed by atoms with Gasteiger partial charge in [-0.2, -0.15) is 0 Å². The fourth-order valence-corrected chi connectivity index (χ4v) is 2.24. The molecule has 2 unspecified atom stereocenters. The van der Waals surface area contributed by atoms with E-state index in [0.29, 0.717) is 6.54 Å². The number of carbonyl (C=O) groups is 2. The molecule has 1 aliphatic rings. The van der Waals surface area contributed by atoms with Crippen LogP contribution in [0, 0.1) is 0 Å². The number of likely N-dealkylation sites (tertiary alicyclic amines) is 1. The van der Waals surface area contributed by atoms with E-state index in [-0.39, 0.29) is 31.2 Å². The number of methoxy groups -OCH3 is 1. The van der Waals surface area contributed by atoms with E-state index in [9.17, 15) is 9.59 Å². The molecule has 0 saturated carbocycles. The van der Waals surface area contributed by atoms with Gasteiger partial charge >= 0.3 is 6.09 Å². The lowest BCUT2D eigenvalue weighted by Gasteiger charge is -2.37. The molecular weight excluding hydrogens is 250 g/mol. The molecule has 0 radical (unpaired) electrons. The number of hydrogen-bond donors (Lipinski definition) is 2. The van der Waals surface area contributed by atoms with Crippen molar-refractivity contribution in [2.75, 3.05) is 33.4 Å². The topological polar surface area (TPSA) is 93.9 Å². The zero-order valence-corrected chi connectivity index (χ0v) is 11.6. The van der Waals surface area contributed by atoms with Crippen LogP contribution in [0.1, 0.15) is 19.8 Å². The Morgan fingerprint density at radius 1 is 1.47 bits per heavy atom. The maximum Gasteiger partial charge on any atom is 0.413 e. The van der Waals surface area contributed by atoms with Crippen molar-refractivity contribution in [1.29, 1.82) is 0 Å². The lowest BCUT2D eigenvalue weighted by molar-refractivity contribution is -0.123. The van der Waals surface area contributed by atoms with Crippen molar-refractivity contribution >= 4 is 12.0 Å². The number of nitrogens with two attached hydrogens (primary N) is 1. The molecule has 0 aliphatic carbocycles. The van der Waals surface area contributed by atoms with Gasteiger partial charge < -0.3 is 15.2 Å². The fraction of sp³-hybridized carbons (Fsp3) is 0.833. The average molecular weight is 273 g/mol. The van der Waals surface area contributed by atoms with Gasteiger partial charge in [-0.1, -0.05) is 0 Å². The van der Waals surface area contributed by atoms with E-state index < -0.39 is 6.09 Å². The maximum atomic E-state index is 11.7. The van der Waals surface area contributed by atoms with Crippen molar-refractivity contribution in [1.82, 2.24) is 10.2 Å². The monoisotopic (exact) mass is 273 g/mol. The number of hydrogen-bond acceptors (Lipinski definition) is 6. The second kappa shape index (κ2) is 8.08. The standard InChI is InChI=1S/C12H23N3O4/c1-3-19-12(17)14-11(16)8-15-5-4-10(18-2)6-9(15)7-13/h9-10H,3-8,13H2,1-2H3,(H,14,16,17). The first-order valence-corrected chi connectivity index (χ1v) is 6.54. The van der Waals surface area contributed by atoms with Crippen LogP contribution in [0.4, 0.5) is 4.79 Å².